The quantitative estimate of drug-likeness (QED) is 0.514. The molecule has 0 aromatic rings. The summed E-state index contributed by atoms with van der Waals surface area (Å²) in [4.78, 5) is 10.7. The Kier molecular flexibility index (Phi) is 1.68. The fourth-order valence-corrected chi connectivity index (χ4v) is 0.543. The van der Waals surface area contributed by atoms with Gasteiger partial charge in [0.15, 0.2) is 0 Å². The molecule has 1 aliphatic carbocycles. The Labute approximate surface area is 53.8 Å². The second-order valence-corrected chi connectivity index (χ2v) is 1.70. The van der Waals surface area contributed by atoms with E-state index in [0.29, 0.717) is 12.2 Å². The van der Waals surface area contributed by atoms with Gasteiger partial charge in [-0.15, -0.1) is 0 Å². The molecule has 0 fully saturated rings. The highest BCUT2D eigenvalue weighted by Crippen LogP contribution is 2.08. The lowest BCUT2D eigenvalue weighted by atomic mass is 10.1. The zero-order valence-electron chi connectivity index (χ0n) is 5.26. The van der Waals surface area contributed by atoms with Gasteiger partial charge in [0.1, 0.15) is 0 Å². The molecule has 0 aromatic carbocycles. The number of carbonyl (C=O) groups excluding carboxylic acids is 1. The van der Waals surface area contributed by atoms with Gasteiger partial charge in [-0.1, -0.05) is 6.08 Å². The van der Waals surface area contributed by atoms with E-state index in [0.717, 1.165) is 0 Å². The molecule has 2 heteroatoms. The van der Waals surface area contributed by atoms with Gasteiger partial charge < -0.3 is 4.74 Å². The van der Waals surface area contributed by atoms with Gasteiger partial charge in [-0.2, -0.15) is 0 Å². The minimum atomic E-state index is -0.222. The smallest absolute Gasteiger partial charge is 0.338 e. The van der Waals surface area contributed by atoms with Crippen LogP contribution in [0, 0.1) is 0 Å². The zero-order chi connectivity index (χ0) is 6.69. The third-order valence-corrected chi connectivity index (χ3v) is 1.06. The van der Waals surface area contributed by atoms with Crippen LogP contribution in [0.5, 0.6) is 0 Å². The fourth-order valence-electron chi connectivity index (χ4n) is 0.543. The van der Waals surface area contributed by atoms with Crippen LogP contribution in [0.25, 0.3) is 0 Å². The lowest BCUT2D eigenvalue weighted by Crippen LogP contribution is -2.07. The molecular formula is C7H8O2. The second-order valence-electron chi connectivity index (χ2n) is 1.70. The van der Waals surface area contributed by atoms with Gasteiger partial charge in [-0.25, -0.2) is 4.79 Å². The van der Waals surface area contributed by atoms with Gasteiger partial charge in [-0.05, 0) is 19.1 Å². The summed E-state index contributed by atoms with van der Waals surface area (Å²) in [5.41, 5.74) is 0.664. The summed E-state index contributed by atoms with van der Waals surface area (Å²) < 4.78 is 4.69. The Morgan fingerprint density at radius 3 is 2.78 bits per heavy atom. The maximum absolute atomic E-state index is 10.7. The van der Waals surface area contributed by atoms with Crippen LogP contribution in [-0.2, 0) is 9.53 Å². The Balaban J connectivity index is 2.35. The number of allylic oxidation sites excluding steroid dienone is 2. The molecular weight excluding hydrogens is 116 g/mol. The normalized spacial score (nSPS) is 14.1. The first-order chi connectivity index (χ1) is 4.34. The molecule has 0 bridgehead atoms. The van der Waals surface area contributed by atoms with Crippen molar-refractivity contribution in [3.8, 4) is 0 Å². The van der Waals surface area contributed by atoms with Gasteiger partial charge in [0.25, 0.3) is 0 Å². The van der Waals surface area contributed by atoms with E-state index in [9.17, 15) is 4.79 Å². The number of rotatable bonds is 2. The van der Waals surface area contributed by atoms with Crippen LogP contribution in [0.1, 0.15) is 6.92 Å². The minimum Gasteiger partial charge on any atom is -0.462 e. The van der Waals surface area contributed by atoms with Gasteiger partial charge in [0, 0.05) is 0 Å². The van der Waals surface area contributed by atoms with E-state index in [2.05, 4.69) is 4.74 Å². The SMILES string of the molecule is CCOC(=O)C1=CC=C1. The number of hydrogen-bond donors (Lipinski definition) is 0. The topological polar surface area (TPSA) is 26.3 Å². The summed E-state index contributed by atoms with van der Waals surface area (Å²) in [6, 6.07) is 0. The van der Waals surface area contributed by atoms with Gasteiger partial charge in [0.05, 0.1) is 12.2 Å². The molecule has 0 saturated heterocycles. The van der Waals surface area contributed by atoms with E-state index in [-0.39, 0.29) is 5.97 Å². The van der Waals surface area contributed by atoms with E-state index in [1.54, 1.807) is 19.1 Å². The van der Waals surface area contributed by atoms with Crippen molar-refractivity contribution in [1.82, 2.24) is 0 Å². The summed E-state index contributed by atoms with van der Waals surface area (Å²) in [5, 5.41) is 0. The van der Waals surface area contributed by atoms with E-state index in [1.165, 1.54) is 0 Å². The number of carbonyl (C=O) groups is 1. The first-order valence-electron chi connectivity index (χ1n) is 2.90. The van der Waals surface area contributed by atoms with Crippen molar-refractivity contribution < 1.29 is 9.53 Å². The summed E-state index contributed by atoms with van der Waals surface area (Å²) in [6.07, 6.45) is 5.28. The third-order valence-electron chi connectivity index (χ3n) is 1.06. The summed E-state index contributed by atoms with van der Waals surface area (Å²) >= 11 is 0. The predicted molar refractivity (Wildman–Crippen MR) is 33.9 cm³/mol. The van der Waals surface area contributed by atoms with E-state index in [1.807, 2.05) is 6.08 Å². The maximum atomic E-state index is 10.7. The molecule has 0 N–H and O–H groups in total. The Hall–Kier alpha value is -1.05. The molecule has 1 rings (SSSR count). The van der Waals surface area contributed by atoms with Crippen molar-refractivity contribution in [2.45, 2.75) is 6.92 Å². The highest BCUT2D eigenvalue weighted by molar-refractivity contribution is 5.94. The van der Waals surface area contributed by atoms with Crippen LogP contribution in [0.15, 0.2) is 23.8 Å². The standard InChI is InChI=1S/C7H8O2/c1-2-9-7(8)6-4-3-5-6/h3-5H,2H2,1H3. The van der Waals surface area contributed by atoms with Gasteiger partial charge in [0.2, 0.25) is 0 Å². The highest BCUT2D eigenvalue weighted by atomic mass is 16.5. The van der Waals surface area contributed by atoms with Gasteiger partial charge in [-0.3, -0.25) is 0 Å². The van der Waals surface area contributed by atoms with Crippen molar-refractivity contribution in [3.63, 3.8) is 0 Å². The largest absolute Gasteiger partial charge is 0.462 e. The zero-order valence-corrected chi connectivity index (χ0v) is 5.26. The van der Waals surface area contributed by atoms with Crippen LogP contribution in [0.3, 0.4) is 0 Å². The summed E-state index contributed by atoms with van der Waals surface area (Å²) in [5.74, 6) is -0.222. The Morgan fingerprint density at radius 2 is 2.44 bits per heavy atom. The van der Waals surface area contributed by atoms with Gasteiger partial charge >= 0.3 is 5.97 Å². The number of ether oxygens (including phenoxy) is 1. The Morgan fingerprint density at radius 1 is 1.78 bits per heavy atom. The first kappa shape index (κ1) is 6.08. The van der Waals surface area contributed by atoms with E-state index >= 15 is 0 Å². The van der Waals surface area contributed by atoms with Crippen LogP contribution in [0.2, 0.25) is 0 Å². The molecule has 0 heterocycles. The molecule has 48 valence electrons. The van der Waals surface area contributed by atoms with Crippen LogP contribution >= 0.6 is 0 Å². The van der Waals surface area contributed by atoms with Crippen LogP contribution in [-0.4, -0.2) is 12.6 Å². The average Bonchev–Trinajstić information content (AvgIpc) is 1.60. The predicted octanol–water partition coefficient (Wildman–Crippen LogP) is 1.05. The molecule has 0 amide bonds. The summed E-state index contributed by atoms with van der Waals surface area (Å²) in [7, 11) is 0. The molecule has 0 unspecified atom stereocenters. The average molecular weight is 124 g/mol. The molecule has 0 spiro atoms. The highest BCUT2D eigenvalue weighted by Gasteiger charge is 2.08. The molecule has 2 nitrogen and oxygen atoms in total. The molecule has 0 aliphatic heterocycles. The minimum absolute atomic E-state index is 0.222. The second kappa shape index (κ2) is 2.49. The van der Waals surface area contributed by atoms with Crippen molar-refractivity contribution in [3.05, 3.63) is 23.8 Å². The van der Waals surface area contributed by atoms with Crippen molar-refractivity contribution in [2.24, 2.45) is 0 Å². The lowest BCUT2D eigenvalue weighted by molar-refractivity contribution is -0.138. The number of esters is 1. The summed E-state index contributed by atoms with van der Waals surface area (Å²) in [6.45, 7) is 2.24. The van der Waals surface area contributed by atoms with E-state index in [4.69, 9.17) is 0 Å². The van der Waals surface area contributed by atoms with Crippen LogP contribution < -0.4 is 0 Å². The fraction of sp³-hybridized carbons (Fsp3) is 0.286. The van der Waals surface area contributed by atoms with Crippen molar-refractivity contribution in [1.29, 1.82) is 0 Å². The molecule has 0 aromatic heterocycles. The van der Waals surface area contributed by atoms with Crippen LogP contribution in [0.4, 0.5) is 0 Å². The molecule has 0 saturated carbocycles. The first-order valence-corrected chi connectivity index (χ1v) is 2.90. The Bertz CT molecular complexity index is 177. The van der Waals surface area contributed by atoms with Crippen molar-refractivity contribution in [2.75, 3.05) is 6.61 Å². The molecule has 9 heavy (non-hydrogen) atoms. The molecule has 1 aliphatic rings. The monoisotopic (exact) mass is 124 g/mol. The molecule has 0 atom stereocenters. The lowest BCUT2D eigenvalue weighted by Gasteiger charge is -2.04. The third kappa shape index (κ3) is 1.19. The number of hydrogen-bond acceptors (Lipinski definition) is 2. The maximum Gasteiger partial charge on any atom is 0.338 e. The van der Waals surface area contributed by atoms with E-state index < -0.39 is 0 Å². The van der Waals surface area contributed by atoms with Crippen molar-refractivity contribution >= 4 is 5.97 Å². The molecule has 0 radical (unpaired) electrons.